The quantitative estimate of drug-likeness (QED) is 0.827. The number of hydrogen-bond donors (Lipinski definition) is 2. The van der Waals surface area contributed by atoms with E-state index in [-0.39, 0.29) is 12.1 Å². The van der Waals surface area contributed by atoms with Crippen LogP contribution in [0.5, 0.6) is 0 Å². The normalized spacial score (nSPS) is 14.8. The molecule has 0 aliphatic carbocycles. The molecule has 6 heteroatoms. The third kappa shape index (κ3) is 2.71. The van der Waals surface area contributed by atoms with Crippen molar-refractivity contribution in [3.05, 3.63) is 18.1 Å². The van der Waals surface area contributed by atoms with E-state index < -0.39 is 0 Å². The molecule has 0 spiro atoms. The van der Waals surface area contributed by atoms with E-state index in [1.165, 1.54) is 6.33 Å². The van der Waals surface area contributed by atoms with E-state index in [0.29, 0.717) is 12.2 Å². The maximum absolute atomic E-state index is 9.34. The largest absolute Gasteiger partial charge is 0.393 e. The van der Waals surface area contributed by atoms with Crippen LogP contribution in [0.3, 0.4) is 0 Å². The lowest BCUT2D eigenvalue weighted by molar-refractivity contribution is 0.179. The van der Waals surface area contributed by atoms with Crippen LogP contribution in [-0.4, -0.2) is 36.8 Å². The molecule has 0 aliphatic heterocycles. The molecule has 0 aliphatic rings. The number of aliphatic hydroxyl groups is 1. The predicted octanol–water partition coefficient (Wildman–Crippen LogP) is 1.00. The maximum atomic E-state index is 9.34. The number of hydrogen-bond acceptors (Lipinski definition) is 5. The van der Waals surface area contributed by atoms with E-state index in [4.69, 9.17) is 0 Å². The van der Waals surface area contributed by atoms with Crippen LogP contribution in [-0.2, 0) is 0 Å². The van der Waals surface area contributed by atoms with Gasteiger partial charge in [0.2, 0.25) is 0 Å². The summed E-state index contributed by atoms with van der Waals surface area (Å²) in [6, 6.07) is 2.07. The van der Waals surface area contributed by atoms with Crippen LogP contribution in [0.4, 0.5) is 5.82 Å². The third-order valence-corrected chi connectivity index (χ3v) is 2.47. The molecule has 0 radical (unpaired) electrons. The van der Waals surface area contributed by atoms with Gasteiger partial charge in [-0.1, -0.05) is 0 Å². The smallest absolute Gasteiger partial charge is 0.254 e. The lowest BCUT2D eigenvalue weighted by Gasteiger charge is -2.17. The number of rotatable bonds is 4. The Balaban J connectivity index is 2.25. The summed E-state index contributed by atoms with van der Waals surface area (Å²) in [4.78, 5) is 8.32. The van der Waals surface area contributed by atoms with E-state index in [1.54, 1.807) is 11.4 Å². The lowest BCUT2D eigenvalue weighted by atomic mass is 10.1. The molecule has 2 heterocycles. The van der Waals surface area contributed by atoms with Gasteiger partial charge in [0, 0.05) is 17.8 Å². The highest BCUT2D eigenvalue weighted by atomic mass is 16.3. The molecule has 0 fully saturated rings. The number of anilines is 1. The average molecular weight is 235 g/mol. The lowest BCUT2D eigenvalue weighted by Crippen LogP contribution is -2.22. The van der Waals surface area contributed by atoms with E-state index in [9.17, 15) is 5.11 Å². The highest BCUT2D eigenvalue weighted by Gasteiger charge is 2.10. The Morgan fingerprint density at radius 1 is 1.47 bits per heavy atom. The van der Waals surface area contributed by atoms with Gasteiger partial charge < -0.3 is 10.4 Å². The Bertz CT molecular complexity index is 508. The Kier molecular flexibility index (Phi) is 3.23. The number of aliphatic hydroxyl groups excluding tert-OH is 1. The van der Waals surface area contributed by atoms with Crippen LogP contribution in [0.25, 0.3) is 5.78 Å². The fraction of sp³-hybridized carbons (Fsp3) is 0.545. The standard InChI is InChI=1S/C11H17N5O/c1-7(4-9(3)17)14-10-5-8(2)15-11-12-6-13-16(10)11/h5-7,9,14,17H,4H2,1-3H3. The molecule has 2 aromatic rings. The van der Waals surface area contributed by atoms with E-state index in [2.05, 4.69) is 20.4 Å². The highest BCUT2D eigenvalue weighted by Crippen LogP contribution is 2.12. The second kappa shape index (κ2) is 4.67. The predicted molar refractivity (Wildman–Crippen MR) is 64.9 cm³/mol. The van der Waals surface area contributed by atoms with Crippen molar-refractivity contribution in [1.29, 1.82) is 0 Å². The molecule has 92 valence electrons. The Morgan fingerprint density at radius 2 is 2.24 bits per heavy atom. The maximum Gasteiger partial charge on any atom is 0.254 e. The van der Waals surface area contributed by atoms with Gasteiger partial charge in [-0.2, -0.15) is 14.6 Å². The highest BCUT2D eigenvalue weighted by molar-refractivity contribution is 5.45. The van der Waals surface area contributed by atoms with Gasteiger partial charge in [0.1, 0.15) is 12.1 Å². The minimum Gasteiger partial charge on any atom is -0.393 e. The zero-order valence-corrected chi connectivity index (χ0v) is 10.3. The molecule has 0 saturated heterocycles. The minimum absolute atomic E-state index is 0.157. The minimum atomic E-state index is -0.327. The van der Waals surface area contributed by atoms with Gasteiger partial charge in [-0.25, -0.2) is 4.98 Å². The van der Waals surface area contributed by atoms with Crippen molar-refractivity contribution in [3.8, 4) is 0 Å². The zero-order valence-electron chi connectivity index (χ0n) is 10.3. The van der Waals surface area contributed by atoms with E-state index in [0.717, 1.165) is 11.5 Å². The molecule has 0 bridgehead atoms. The summed E-state index contributed by atoms with van der Waals surface area (Å²) >= 11 is 0. The molecular weight excluding hydrogens is 218 g/mol. The summed E-state index contributed by atoms with van der Waals surface area (Å²) in [5.41, 5.74) is 0.886. The first-order valence-corrected chi connectivity index (χ1v) is 5.68. The van der Waals surface area contributed by atoms with Crippen molar-refractivity contribution in [3.63, 3.8) is 0 Å². The molecule has 0 aromatic carbocycles. The molecule has 17 heavy (non-hydrogen) atoms. The first-order chi connectivity index (χ1) is 8.06. The number of nitrogens with one attached hydrogen (secondary N) is 1. The third-order valence-electron chi connectivity index (χ3n) is 2.47. The van der Waals surface area contributed by atoms with Crippen molar-refractivity contribution in [2.24, 2.45) is 0 Å². The van der Waals surface area contributed by atoms with Crippen molar-refractivity contribution in [2.45, 2.75) is 39.3 Å². The number of fused-ring (bicyclic) bond motifs is 1. The molecule has 2 N–H and O–H groups in total. The van der Waals surface area contributed by atoms with E-state index in [1.807, 2.05) is 19.9 Å². The molecule has 6 nitrogen and oxygen atoms in total. The number of aromatic nitrogens is 4. The number of aryl methyl sites for hydroxylation is 1. The van der Waals surface area contributed by atoms with Crippen LogP contribution in [0.15, 0.2) is 12.4 Å². The van der Waals surface area contributed by atoms with Crippen molar-refractivity contribution in [1.82, 2.24) is 19.6 Å². The van der Waals surface area contributed by atoms with Crippen LogP contribution in [0.1, 0.15) is 26.0 Å². The molecule has 2 rings (SSSR count). The Labute approximate surface area is 99.7 Å². The molecule has 2 unspecified atom stereocenters. The molecule has 0 saturated carbocycles. The van der Waals surface area contributed by atoms with Gasteiger partial charge in [0.05, 0.1) is 6.10 Å². The van der Waals surface area contributed by atoms with Gasteiger partial charge in [-0.15, -0.1) is 0 Å². The first-order valence-electron chi connectivity index (χ1n) is 5.68. The molecule has 2 aromatic heterocycles. The van der Waals surface area contributed by atoms with Gasteiger partial charge >= 0.3 is 0 Å². The topological polar surface area (TPSA) is 75.3 Å². The fourth-order valence-electron chi connectivity index (χ4n) is 1.86. The summed E-state index contributed by atoms with van der Waals surface area (Å²) in [6.07, 6.45) is 1.83. The Morgan fingerprint density at radius 3 is 2.94 bits per heavy atom. The van der Waals surface area contributed by atoms with Crippen LogP contribution < -0.4 is 5.32 Å². The second-order valence-electron chi connectivity index (χ2n) is 4.38. The summed E-state index contributed by atoms with van der Waals surface area (Å²) in [6.45, 7) is 5.71. The summed E-state index contributed by atoms with van der Waals surface area (Å²) in [7, 11) is 0. The molecular formula is C11H17N5O. The Hall–Kier alpha value is -1.69. The summed E-state index contributed by atoms with van der Waals surface area (Å²) < 4.78 is 1.66. The molecule has 2 atom stereocenters. The van der Waals surface area contributed by atoms with Gasteiger partial charge in [-0.3, -0.25) is 0 Å². The van der Waals surface area contributed by atoms with Crippen molar-refractivity contribution < 1.29 is 5.11 Å². The zero-order chi connectivity index (χ0) is 12.4. The van der Waals surface area contributed by atoms with Gasteiger partial charge in [0.25, 0.3) is 5.78 Å². The monoisotopic (exact) mass is 235 g/mol. The summed E-state index contributed by atoms with van der Waals surface area (Å²) in [5.74, 6) is 1.43. The SMILES string of the molecule is Cc1cc(NC(C)CC(C)O)n2ncnc2n1. The molecule has 0 amide bonds. The first kappa shape index (κ1) is 11.8. The number of nitrogens with zero attached hydrogens (tertiary/aromatic N) is 4. The van der Waals surface area contributed by atoms with Crippen molar-refractivity contribution in [2.75, 3.05) is 5.32 Å². The van der Waals surface area contributed by atoms with Crippen molar-refractivity contribution >= 4 is 11.6 Å². The van der Waals surface area contributed by atoms with Crippen LogP contribution in [0, 0.1) is 6.92 Å². The summed E-state index contributed by atoms with van der Waals surface area (Å²) in [5, 5.41) is 16.8. The van der Waals surface area contributed by atoms with E-state index >= 15 is 0 Å². The fourth-order valence-corrected chi connectivity index (χ4v) is 1.86. The van der Waals surface area contributed by atoms with Gasteiger partial charge in [0.15, 0.2) is 0 Å². The van der Waals surface area contributed by atoms with Gasteiger partial charge in [-0.05, 0) is 27.2 Å². The van der Waals surface area contributed by atoms with Crippen LogP contribution >= 0.6 is 0 Å². The second-order valence-corrected chi connectivity index (χ2v) is 4.38. The average Bonchev–Trinajstić information content (AvgIpc) is 2.63. The van der Waals surface area contributed by atoms with Crippen LogP contribution in [0.2, 0.25) is 0 Å².